The molecule has 0 unspecified atom stereocenters. The number of halogens is 1. The minimum Gasteiger partial charge on any atom is -0.493 e. The Morgan fingerprint density at radius 1 is 1.19 bits per heavy atom. The van der Waals surface area contributed by atoms with Gasteiger partial charge in [-0.2, -0.15) is 0 Å². The highest BCUT2D eigenvalue weighted by atomic mass is 32.2. The van der Waals surface area contributed by atoms with E-state index in [-0.39, 0.29) is 16.8 Å². The standard InChI is InChI=1S/C18H16FN3O3S/c1-26(23,24)12-3-4-15-14(9-12)18(21-10-20-15)22-16-6-7-25-17-5-2-11(19)8-13(16)17/h2-5,8-10,16H,6-7H2,1H3,(H,20,21,22)/t16-/m1/s1. The van der Waals surface area contributed by atoms with Gasteiger partial charge in [0.25, 0.3) is 0 Å². The smallest absolute Gasteiger partial charge is 0.175 e. The fourth-order valence-electron chi connectivity index (χ4n) is 3.06. The minimum atomic E-state index is -3.35. The Kier molecular flexibility index (Phi) is 3.99. The Balaban J connectivity index is 1.78. The van der Waals surface area contributed by atoms with Crippen molar-refractivity contribution in [2.24, 2.45) is 0 Å². The quantitative estimate of drug-likeness (QED) is 0.760. The number of nitrogens with one attached hydrogen (secondary N) is 1. The van der Waals surface area contributed by atoms with Gasteiger partial charge in [0, 0.05) is 23.6 Å². The van der Waals surface area contributed by atoms with Crippen LogP contribution in [0.2, 0.25) is 0 Å². The molecule has 0 spiro atoms. The average Bonchev–Trinajstić information content (AvgIpc) is 2.61. The summed E-state index contributed by atoms with van der Waals surface area (Å²) >= 11 is 0. The highest BCUT2D eigenvalue weighted by Gasteiger charge is 2.23. The number of ether oxygens (including phenoxy) is 1. The van der Waals surface area contributed by atoms with Crippen molar-refractivity contribution in [3.05, 3.63) is 54.1 Å². The summed E-state index contributed by atoms with van der Waals surface area (Å²) in [5.74, 6) is 0.793. The second-order valence-electron chi connectivity index (χ2n) is 6.19. The second kappa shape index (κ2) is 6.21. The van der Waals surface area contributed by atoms with Crippen molar-refractivity contribution in [3.63, 3.8) is 0 Å². The van der Waals surface area contributed by atoms with Crippen LogP contribution in [0, 0.1) is 5.82 Å². The number of hydrogen-bond acceptors (Lipinski definition) is 6. The van der Waals surface area contributed by atoms with Crippen molar-refractivity contribution < 1.29 is 17.5 Å². The van der Waals surface area contributed by atoms with Crippen LogP contribution in [-0.2, 0) is 9.84 Å². The van der Waals surface area contributed by atoms with E-state index in [4.69, 9.17) is 4.74 Å². The number of aromatic nitrogens is 2. The van der Waals surface area contributed by atoms with Crippen molar-refractivity contribution in [2.75, 3.05) is 18.2 Å². The van der Waals surface area contributed by atoms with E-state index in [0.29, 0.717) is 41.1 Å². The lowest BCUT2D eigenvalue weighted by Crippen LogP contribution is -2.21. The first-order chi connectivity index (χ1) is 12.4. The molecule has 0 radical (unpaired) electrons. The number of benzene rings is 2. The van der Waals surface area contributed by atoms with Gasteiger partial charge in [-0.1, -0.05) is 0 Å². The summed E-state index contributed by atoms with van der Waals surface area (Å²) in [5.41, 5.74) is 1.34. The summed E-state index contributed by atoms with van der Waals surface area (Å²) in [6.45, 7) is 0.494. The number of nitrogens with zero attached hydrogens (tertiary/aromatic N) is 2. The molecule has 0 amide bonds. The molecule has 2 aromatic carbocycles. The van der Waals surface area contributed by atoms with Gasteiger partial charge in [0.05, 0.1) is 23.1 Å². The van der Waals surface area contributed by atoms with Crippen molar-refractivity contribution in [1.29, 1.82) is 0 Å². The topological polar surface area (TPSA) is 81.2 Å². The Hall–Kier alpha value is -2.74. The van der Waals surface area contributed by atoms with E-state index in [1.165, 1.54) is 24.5 Å². The van der Waals surface area contributed by atoms with Crippen LogP contribution in [0.25, 0.3) is 10.9 Å². The van der Waals surface area contributed by atoms with Gasteiger partial charge in [-0.25, -0.2) is 22.8 Å². The zero-order chi connectivity index (χ0) is 18.3. The summed E-state index contributed by atoms with van der Waals surface area (Å²) in [4.78, 5) is 8.65. The van der Waals surface area contributed by atoms with E-state index in [2.05, 4.69) is 15.3 Å². The Labute approximate surface area is 150 Å². The fourth-order valence-corrected chi connectivity index (χ4v) is 3.71. The summed E-state index contributed by atoms with van der Waals surface area (Å²) < 4.78 is 43.0. The molecule has 0 aliphatic carbocycles. The first-order valence-electron chi connectivity index (χ1n) is 8.05. The Bertz CT molecular complexity index is 1100. The molecule has 0 bridgehead atoms. The van der Waals surface area contributed by atoms with Crippen molar-refractivity contribution in [1.82, 2.24) is 9.97 Å². The number of fused-ring (bicyclic) bond motifs is 2. The lowest BCUT2D eigenvalue weighted by molar-refractivity contribution is 0.273. The minimum absolute atomic E-state index is 0.196. The van der Waals surface area contributed by atoms with Gasteiger partial charge < -0.3 is 10.1 Å². The van der Waals surface area contributed by atoms with E-state index in [1.54, 1.807) is 18.2 Å². The molecular weight excluding hydrogens is 357 g/mol. The first kappa shape index (κ1) is 16.7. The normalized spacial score (nSPS) is 16.8. The van der Waals surface area contributed by atoms with Crippen LogP contribution in [-0.4, -0.2) is 31.2 Å². The average molecular weight is 373 g/mol. The maximum Gasteiger partial charge on any atom is 0.175 e. The zero-order valence-corrected chi connectivity index (χ0v) is 14.8. The molecule has 6 nitrogen and oxygen atoms in total. The van der Waals surface area contributed by atoms with Crippen LogP contribution < -0.4 is 10.1 Å². The van der Waals surface area contributed by atoms with Gasteiger partial charge in [0.1, 0.15) is 23.7 Å². The van der Waals surface area contributed by atoms with E-state index in [1.807, 2.05) is 0 Å². The lowest BCUT2D eigenvalue weighted by Gasteiger charge is -2.27. The maximum absolute atomic E-state index is 13.7. The molecule has 1 aliphatic heterocycles. The van der Waals surface area contributed by atoms with Gasteiger partial charge in [0.2, 0.25) is 0 Å². The highest BCUT2D eigenvalue weighted by Crippen LogP contribution is 2.35. The Morgan fingerprint density at radius 2 is 2.04 bits per heavy atom. The molecule has 1 atom stereocenters. The number of anilines is 1. The van der Waals surface area contributed by atoms with Gasteiger partial charge in [-0.05, 0) is 36.4 Å². The third-order valence-electron chi connectivity index (χ3n) is 4.36. The monoisotopic (exact) mass is 373 g/mol. The third-order valence-corrected chi connectivity index (χ3v) is 5.47. The summed E-state index contributed by atoms with van der Waals surface area (Å²) in [7, 11) is -3.35. The SMILES string of the molecule is CS(=O)(=O)c1ccc2ncnc(N[C@@H]3CCOc4ccc(F)cc43)c2c1. The summed E-state index contributed by atoms with van der Waals surface area (Å²) in [5, 5.41) is 3.89. The van der Waals surface area contributed by atoms with Crippen molar-refractivity contribution >= 4 is 26.6 Å². The molecular formula is C18H16FN3O3S. The molecule has 0 fully saturated rings. The summed E-state index contributed by atoms with van der Waals surface area (Å²) in [6, 6.07) is 8.94. The van der Waals surface area contributed by atoms with Crippen molar-refractivity contribution in [3.8, 4) is 5.75 Å². The van der Waals surface area contributed by atoms with E-state index >= 15 is 0 Å². The van der Waals surface area contributed by atoms with Gasteiger partial charge >= 0.3 is 0 Å². The second-order valence-corrected chi connectivity index (χ2v) is 8.21. The van der Waals surface area contributed by atoms with Gasteiger partial charge in [-0.15, -0.1) is 0 Å². The van der Waals surface area contributed by atoms with E-state index in [0.717, 1.165) is 6.26 Å². The molecule has 26 heavy (non-hydrogen) atoms. The molecule has 8 heteroatoms. The molecule has 0 saturated carbocycles. The molecule has 2 heterocycles. The number of sulfone groups is 1. The molecule has 0 saturated heterocycles. The number of hydrogen-bond donors (Lipinski definition) is 1. The van der Waals surface area contributed by atoms with E-state index < -0.39 is 9.84 Å². The predicted octanol–water partition coefficient (Wildman–Crippen LogP) is 3.11. The van der Waals surface area contributed by atoms with Crippen LogP contribution in [0.1, 0.15) is 18.0 Å². The first-order valence-corrected chi connectivity index (χ1v) is 9.94. The summed E-state index contributed by atoms with van der Waals surface area (Å²) in [6.07, 6.45) is 3.20. The van der Waals surface area contributed by atoms with Gasteiger partial charge in [-0.3, -0.25) is 0 Å². The van der Waals surface area contributed by atoms with Gasteiger partial charge in [0.15, 0.2) is 9.84 Å². The molecule has 1 aliphatic rings. The highest BCUT2D eigenvalue weighted by molar-refractivity contribution is 7.90. The largest absolute Gasteiger partial charge is 0.493 e. The fraction of sp³-hybridized carbons (Fsp3) is 0.222. The van der Waals surface area contributed by atoms with Crippen LogP contribution in [0.5, 0.6) is 5.75 Å². The van der Waals surface area contributed by atoms with Crippen molar-refractivity contribution in [2.45, 2.75) is 17.4 Å². The number of rotatable bonds is 3. The molecule has 4 rings (SSSR count). The molecule has 134 valence electrons. The van der Waals surface area contributed by atoms with Crippen LogP contribution in [0.3, 0.4) is 0 Å². The molecule has 3 aromatic rings. The van der Waals surface area contributed by atoms with E-state index in [9.17, 15) is 12.8 Å². The van der Waals surface area contributed by atoms with Crippen LogP contribution in [0.4, 0.5) is 10.2 Å². The molecule has 1 aromatic heterocycles. The Morgan fingerprint density at radius 3 is 2.85 bits per heavy atom. The lowest BCUT2D eigenvalue weighted by atomic mass is 10.00. The van der Waals surface area contributed by atoms with Crippen LogP contribution in [0.15, 0.2) is 47.6 Å². The zero-order valence-electron chi connectivity index (χ0n) is 13.9. The predicted molar refractivity (Wildman–Crippen MR) is 95.5 cm³/mol. The third kappa shape index (κ3) is 3.08. The molecule has 1 N–H and O–H groups in total. The maximum atomic E-state index is 13.7. The van der Waals surface area contributed by atoms with Crippen LogP contribution >= 0.6 is 0 Å².